The van der Waals surface area contributed by atoms with Crippen LogP contribution in [0.4, 0.5) is 0 Å². The van der Waals surface area contributed by atoms with Gasteiger partial charge in [0, 0.05) is 12.0 Å². The number of rotatable bonds is 0. The van der Waals surface area contributed by atoms with E-state index in [-0.39, 0.29) is 6.04 Å². The van der Waals surface area contributed by atoms with Crippen molar-refractivity contribution in [3.63, 3.8) is 0 Å². The highest BCUT2D eigenvalue weighted by atomic mass is 14.7. The second-order valence-corrected chi connectivity index (χ2v) is 4.77. The highest BCUT2D eigenvalue weighted by Crippen LogP contribution is 2.38. The van der Waals surface area contributed by atoms with Gasteiger partial charge in [-0.2, -0.15) is 0 Å². The van der Waals surface area contributed by atoms with Crippen LogP contribution in [0, 0.1) is 11.8 Å². The largest absolute Gasteiger partial charge is 0.323 e. The summed E-state index contributed by atoms with van der Waals surface area (Å²) in [7, 11) is 0. The second kappa shape index (κ2) is 3.91. The fourth-order valence-electron chi connectivity index (χ4n) is 2.96. The second-order valence-electron chi connectivity index (χ2n) is 4.77. The maximum Gasteiger partial charge on any atom is 0.0367 e. The van der Waals surface area contributed by atoms with Gasteiger partial charge in [-0.25, -0.2) is 0 Å². The summed E-state index contributed by atoms with van der Waals surface area (Å²) in [6.45, 7) is 0. The van der Waals surface area contributed by atoms with E-state index in [1.54, 1.807) is 0 Å². The Morgan fingerprint density at radius 2 is 1.88 bits per heavy atom. The van der Waals surface area contributed by atoms with E-state index in [0.717, 1.165) is 6.42 Å². The maximum absolute atomic E-state index is 6.42. The number of hydrogen-bond donors (Lipinski definition) is 1. The van der Waals surface area contributed by atoms with Crippen molar-refractivity contribution >= 4 is 0 Å². The molecule has 0 radical (unpaired) electrons. The van der Waals surface area contributed by atoms with Crippen LogP contribution in [-0.2, 0) is 6.42 Å². The lowest BCUT2D eigenvalue weighted by Crippen LogP contribution is -2.25. The van der Waals surface area contributed by atoms with Gasteiger partial charge in [-0.15, -0.1) is 0 Å². The molecule has 0 heterocycles. The summed E-state index contributed by atoms with van der Waals surface area (Å²) < 4.78 is 0. The first-order chi connectivity index (χ1) is 7.86. The average molecular weight is 211 g/mol. The molecule has 1 heteroatoms. The minimum Gasteiger partial charge on any atom is -0.323 e. The van der Waals surface area contributed by atoms with Crippen molar-refractivity contribution in [1.29, 1.82) is 0 Å². The third kappa shape index (κ3) is 1.52. The zero-order valence-corrected chi connectivity index (χ0v) is 9.34. The van der Waals surface area contributed by atoms with Gasteiger partial charge in [0.25, 0.3) is 0 Å². The molecule has 0 spiro atoms. The molecule has 2 N–H and O–H groups in total. The van der Waals surface area contributed by atoms with E-state index in [1.807, 2.05) is 0 Å². The molecule has 0 saturated heterocycles. The highest BCUT2D eigenvalue weighted by molar-refractivity contribution is 5.34. The van der Waals surface area contributed by atoms with Crippen molar-refractivity contribution in [2.75, 3.05) is 0 Å². The fraction of sp³-hybridized carbons (Fsp3) is 0.333. The minimum absolute atomic E-state index is 0.157. The Morgan fingerprint density at radius 3 is 2.81 bits per heavy atom. The Bertz CT molecular complexity index is 445. The number of hydrogen-bond acceptors (Lipinski definition) is 1. The predicted octanol–water partition coefficient (Wildman–Crippen LogP) is 2.99. The van der Waals surface area contributed by atoms with Gasteiger partial charge in [-0.05, 0) is 29.9 Å². The topological polar surface area (TPSA) is 26.0 Å². The van der Waals surface area contributed by atoms with Gasteiger partial charge in [0.15, 0.2) is 0 Å². The molecule has 2 aliphatic rings. The normalized spacial score (nSPS) is 31.7. The monoisotopic (exact) mass is 211 g/mol. The molecule has 3 unspecified atom stereocenters. The van der Waals surface area contributed by atoms with Crippen LogP contribution in [0.25, 0.3) is 0 Å². The molecule has 1 aromatic rings. The zero-order valence-electron chi connectivity index (χ0n) is 9.34. The highest BCUT2D eigenvalue weighted by Gasteiger charge is 2.29. The van der Waals surface area contributed by atoms with E-state index >= 15 is 0 Å². The molecular formula is C15H17N. The number of fused-ring (bicyclic) bond motifs is 2. The molecule has 82 valence electrons. The molecule has 1 nitrogen and oxygen atoms in total. The lowest BCUT2D eigenvalue weighted by Gasteiger charge is -2.27. The van der Waals surface area contributed by atoms with Gasteiger partial charge in [0.1, 0.15) is 0 Å². The summed E-state index contributed by atoms with van der Waals surface area (Å²) in [5, 5.41) is 0. The summed E-state index contributed by atoms with van der Waals surface area (Å²) in [5.41, 5.74) is 9.19. The van der Waals surface area contributed by atoms with Crippen molar-refractivity contribution in [2.24, 2.45) is 17.6 Å². The Morgan fingerprint density at radius 1 is 1.06 bits per heavy atom. The van der Waals surface area contributed by atoms with E-state index in [1.165, 1.54) is 17.5 Å². The van der Waals surface area contributed by atoms with Gasteiger partial charge < -0.3 is 5.73 Å². The Kier molecular flexibility index (Phi) is 2.41. The quantitative estimate of drug-likeness (QED) is 0.701. The van der Waals surface area contributed by atoms with Gasteiger partial charge >= 0.3 is 0 Å². The van der Waals surface area contributed by atoms with Crippen molar-refractivity contribution in [1.82, 2.24) is 0 Å². The zero-order chi connectivity index (χ0) is 11.0. The number of nitrogens with two attached hydrogens (primary N) is 1. The average Bonchev–Trinajstić information content (AvgIpc) is 2.49. The molecule has 16 heavy (non-hydrogen) atoms. The Balaban J connectivity index is 2.04. The van der Waals surface area contributed by atoms with Crippen LogP contribution in [0.1, 0.15) is 23.6 Å². The standard InChI is InChI=1S/C15H17N/c16-15-13-7-3-1-5-11(13)9-10-12-6-2-4-8-14(12)15/h1-8,11,13,15H,9-10,16H2. The van der Waals surface area contributed by atoms with Crippen molar-refractivity contribution in [3.8, 4) is 0 Å². The summed E-state index contributed by atoms with van der Waals surface area (Å²) in [6, 6.07) is 8.78. The first-order valence-electron chi connectivity index (χ1n) is 6.04. The molecule has 0 aliphatic heterocycles. The molecule has 0 amide bonds. The summed E-state index contributed by atoms with van der Waals surface area (Å²) >= 11 is 0. The molecule has 0 bridgehead atoms. The molecule has 1 aromatic carbocycles. The SMILES string of the molecule is NC1c2ccccc2CCC2C=CC=CC21. The summed E-state index contributed by atoms with van der Waals surface area (Å²) in [4.78, 5) is 0. The van der Waals surface area contributed by atoms with Crippen LogP contribution in [0.5, 0.6) is 0 Å². The van der Waals surface area contributed by atoms with Crippen LogP contribution < -0.4 is 5.73 Å². The van der Waals surface area contributed by atoms with E-state index in [4.69, 9.17) is 5.73 Å². The van der Waals surface area contributed by atoms with Gasteiger partial charge in [-0.3, -0.25) is 0 Å². The van der Waals surface area contributed by atoms with Crippen LogP contribution >= 0.6 is 0 Å². The fourth-order valence-corrected chi connectivity index (χ4v) is 2.96. The first kappa shape index (κ1) is 9.86. The molecule has 0 aromatic heterocycles. The van der Waals surface area contributed by atoms with Gasteiger partial charge in [-0.1, -0.05) is 48.6 Å². The molecule has 3 rings (SSSR count). The number of benzene rings is 1. The maximum atomic E-state index is 6.42. The van der Waals surface area contributed by atoms with E-state index in [9.17, 15) is 0 Å². The molecule has 0 saturated carbocycles. The van der Waals surface area contributed by atoms with Crippen LogP contribution in [-0.4, -0.2) is 0 Å². The van der Waals surface area contributed by atoms with Crippen molar-refractivity contribution in [2.45, 2.75) is 18.9 Å². The Labute approximate surface area is 96.7 Å². The summed E-state index contributed by atoms with van der Waals surface area (Å²) in [5.74, 6) is 1.10. The molecule has 3 atom stereocenters. The van der Waals surface area contributed by atoms with E-state index in [0.29, 0.717) is 11.8 Å². The Hall–Kier alpha value is -1.34. The van der Waals surface area contributed by atoms with Crippen LogP contribution in [0.3, 0.4) is 0 Å². The lowest BCUT2D eigenvalue weighted by atomic mass is 9.81. The minimum atomic E-state index is 0.157. The molecule has 2 aliphatic carbocycles. The third-order valence-electron chi connectivity index (χ3n) is 3.87. The first-order valence-corrected chi connectivity index (χ1v) is 6.04. The summed E-state index contributed by atoms with van der Waals surface area (Å²) in [6.07, 6.45) is 11.3. The van der Waals surface area contributed by atoms with Gasteiger partial charge in [0.05, 0.1) is 0 Å². The van der Waals surface area contributed by atoms with Crippen molar-refractivity contribution in [3.05, 3.63) is 59.7 Å². The van der Waals surface area contributed by atoms with E-state index < -0.39 is 0 Å². The third-order valence-corrected chi connectivity index (χ3v) is 3.87. The molecule has 0 fully saturated rings. The number of aryl methyl sites for hydroxylation is 1. The number of allylic oxidation sites excluding steroid dienone is 3. The van der Waals surface area contributed by atoms with Crippen LogP contribution in [0.15, 0.2) is 48.6 Å². The lowest BCUT2D eigenvalue weighted by molar-refractivity contribution is 0.394. The van der Waals surface area contributed by atoms with E-state index in [2.05, 4.69) is 48.6 Å². The van der Waals surface area contributed by atoms with Gasteiger partial charge in [0.2, 0.25) is 0 Å². The predicted molar refractivity (Wildman–Crippen MR) is 67.0 cm³/mol. The molecular weight excluding hydrogens is 194 g/mol. The van der Waals surface area contributed by atoms with Crippen LogP contribution in [0.2, 0.25) is 0 Å². The van der Waals surface area contributed by atoms with Crippen molar-refractivity contribution < 1.29 is 0 Å². The smallest absolute Gasteiger partial charge is 0.0367 e.